The number of hydrogen-bond acceptors (Lipinski definition) is 3. The minimum atomic E-state index is -0.460. The van der Waals surface area contributed by atoms with Crippen LogP contribution in [0.25, 0.3) is 0 Å². The van der Waals surface area contributed by atoms with Crippen molar-refractivity contribution in [3.8, 4) is 5.75 Å². The lowest BCUT2D eigenvalue weighted by atomic mass is 10.1. The van der Waals surface area contributed by atoms with Crippen molar-refractivity contribution in [2.45, 2.75) is 6.04 Å². The van der Waals surface area contributed by atoms with Crippen LogP contribution in [-0.4, -0.2) is 37.8 Å². The third-order valence-electron chi connectivity index (χ3n) is 3.76. The number of methoxy groups -OCH3 is 1. The lowest BCUT2D eigenvalue weighted by Gasteiger charge is -2.26. The maximum absolute atomic E-state index is 13.2. The number of halogens is 2. The van der Waals surface area contributed by atoms with E-state index in [0.29, 0.717) is 17.3 Å². The highest BCUT2D eigenvalue weighted by Crippen LogP contribution is 2.21. The van der Waals surface area contributed by atoms with E-state index in [2.05, 4.69) is 15.5 Å². The van der Waals surface area contributed by atoms with Crippen LogP contribution in [-0.2, 0) is 0 Å². The van der Waals surface area contributed by atoms with Crippen LogP contribution in [0.3, 0.4) is 0 Å². The average Bonchev–Trinajstić information content (AvgIpc) is 2.58. The summed E-state index contributed by atoms with van der Waals surface area (Å²) in [6.07, 6.45) is 0. The number of benzene rings is 2. The van der Waals surface area contributed by atoms with Gasteiger partial charge in [0, 0.05) is 12.2 Å². The van der Waals surface area contributed by atoms with Crippen LogP contribution in [0, 0.1) is 5.82 Å². The van der Waals surface area contributed by atoms with Gasteiger partial charge in [0.05, 0.1) is 18.2 Å². The molecule has 0 aromatic heterocycles. The van der Waals surface area contributed by atoms with Crippen molar-refractivity contribution in [2.75, 3.05) is 33.1 Å². The van der Waals surface area contributed by atoms with Gasteiger partial charge in [-0.15, -0.1) is 0 Å². The van der Waals surface area contributed by atoms with E-state index >= 15 is 0 Å². The third kappa shape index (κ3) is 5.56. The lowest BCUT2D eigenvalue weighted by molar-refractivity contribution is 0.299. The van der Waals surface area contributed by atoms with E-state index in [1.807, 2.05) is 38.4 Å². The van der Waals surface area contributed by atoms with Gasteiger partial charge in [-0.05, 0) is 62.2 Å². The first-order valence-electron chi connectivity index (χ1n) is 7.71. The molecule has 134 valence electrons. The summed E-state index contributed by atoms with van der Waals surface area (Å²) in [4.78, 5) is 2.10. The molecule has 0 aliphatic heterocycles. The molecule has 2 aromatic rings. The Hall–Kier alpha value is -1.89. The van der Waals surface area contributed by atoms with E-state index in [0.717, 1.165) is 11.3 Å². The maximum atomic E-state index is 13.2. The van der Waals surface area contributed by atoms with Crippen LogP contribution in [0.5, 0.6) is 5.75 Å². The van der Waals surface area contributed by atoms with Crippen molar-refractivity contribution in [3.05, 3.63) is 58.9 Å². The van der Waals surface area contributed by atoms with Crippen LogP contribution in [0.2, 0.25) is 5.02 Å². The van der Waals surface area contributed by atoms with Gasteiger partial charge < -0.3 is 20.3 Å². The van der Waals surface area contributed by atoms with Crippen LogP contribution in [0.1, 0.15) is 11.6 Å². The normalized spacial score (nSPS) is 11.9. The minimum Gasteiger partial charge on any atom is -0.497 e. The van der Waals surface area contributed by atoms with E-state index in [-0.39, 0.29) is 11.1 Å². The summed E-state index contributed by atoms with van der Waals surface area (Å²) in [6.45, 7) is 0.611. The van der Waals surface area contributed by atoms with Gasteiger partial charge in [-0.2, -0.15) is 0 Å². The van der Waals surface area contributed by atoms with Crippen molar-refractivity contribution >= 4 is 34.6 Å². The number of nitrogens with zero attached hydrogens (tertiary/aromatic N) is 1. The molecule has 0 radical (unpaired) electrons. The summed E-state index contributed by atoms with van der Waals surface area (Å²) in [7, 11) is 5.66. The zero-order valence-electron chi connectivity index (χ0n) is 14.3. The molecule has 0 unspecified atom stereocenters. The minimum absolute atomic E-state index is 0.0530. The molecule has 0 spiro atoms. The molecule has 25 heavy (non-hydrogen) atoms. The number of hydrogen-bond donors (Lipinski definition) is 2. The molecular weight excluding hydrogens is 361 g/mol. The topological polar surface area (TPSA) is 36.5 Å². The molecule has 0 aliphatic carbocycles. The van der Waals surface area contributed by atoms with Gasteiger partial charge in [-0.25, -0.2) is 4.39 Å². The van der Waals surface area contributed by atoms with Crippen LogP contribution in [0.4, 0.5) is 10.1 Å². The predicted molar refractivity (Wildman–Crippen MR) is 105 cm³/mol. The zero-order chi connectivity index (χ0) is 18.4. The van der Waals surface area contributed by atoms with E-state index in [1.165, 1.54) is 12.1 Å². The van der Waals surface area contributed by atoms with Gasteiger partial charge in [0.15, 0.2) is 5.11 Å². The fourth-order valence-electron chi connectivity index (χ4n) is 2.36. The first-order chi connectivity index (χ1) is 11.9. The summed E-state index contributed by atoms with van der Waals surface area (Å²) in [5, 5.41) is 6.69. The molecular formula is C18H21ClFN3OS. The second-order valence-electron chi connectivity index (χ2n) is 5.72. The Morgan fingerprint density at radius 2 is 1.92 bits per heavy atom. The fourth-order valence-corrected chi connectivity index (χ4v) is 2.74. The Bertz CT molecular complexity index is 725. The van der Waals surface area contributed by atoms with E-state index < -0.39 is 5.82 Å². The first kappa shape index (κ1) is 19.4. The third-order valence-corrected chi connectivity index (χ3v) is 4.29. The average molecular weight is 382 g/mol. The van der Waals surface area contributed by atoms with E-state index in [1.54, 1.807) is 13.2 Å². The Balaban J connectivity index is 1.97. The number of likely N-dealkylation sites (N-methyl/N-ethyl adjacent to an activating group) is 1. The quantitative estimate of drug-likeness (QED) is 0.737. The van der Waals surface area contributed by atoms with E-state index in [9.17, 15) is 4.39 Å². The lowest BCUT2D eigenvalue weighted by Crippen LogP contribution is -2.36. The second-order valence-corrected chi connectivity index (χ2v) is 6.53. The standard InChI is InChI=1S/C18H21ClFN3OS/c1-23(2)17(12-4-7-14(24-3)8-5-12)11-21-18(25)22-13-6-9-16(20)15(19)10-13/h4-10,17H,11H2,1-3H3,(H2,21,22,25)/t17-/m0/s1. The molecule has 0 aliphatic rings. The van der Waals surface area contributed by atoms with Gasteiger partial charge in [-0.1, -0.05) is 23.7 Å². The van der Waals surface area contributed by atoms with Gasteiger partial charge >= 0.3 is 0 Å². The Labute approximate surface area is 157 Å². The van der Waals surface area contributed by atoms with Gasteiger partial charge in [0.2, 0.25) is 0 Å². The Morgan fingerprint density at radius 3 is 2.48 bits per heavy atom. The molecule has 7 heteroatoms. The van der Waals surface area contributed by atoms with E-state index in [4.69, 9.17) is 28.6 Å². The molecule has 2 N–H and O–H groups in total. The summed E-state index contributed by atoms with van der Waals surface area (Å²) < 4.78 is 18.4. The largest absolute Gasteiger partial charge is 0.497 e. The Kier molecular flexibility index (Phi) is 6.99. The van der Waals surface area contributed by atoms with Crippen LogP contribution < -0.4 is 15.4 Å². The highest BCUT2D eigenvalue weighted by Gasteiger charge is 2.14. The highest BCUT2D eigenvalue weighted by atomic mass is 35.5. The van der Waals surface area contributed by atoms with Gasteiger partial charge in [0.1, 0.15) is 11.6 Å². The van der Waals surface area contributed by atoms with Gasteiger partial charge in [0.25, 0.3) is 0 Å². The molecule has 0 saturated carbocycles. The highest BCUT2D eigenvalue weighted by molar-refractivity contribution is 7.80. The van der Waals surface area contributed by atoms with Crippen LogP contribution in [0.15, 0.2) is 42.5 Å². The molecule has 1 atom stereocenters. The molecule has 2 rings (SSSR count). The van der Waals surface area contributed by atoms with Crippen molar-refractivity contribution in [1.82, 2.24) is 10.2 Å². The number of rotatable bonds is 6. The number of nitrogens with one attached hydrogen (secondary N) is 2. The molecule has 0 amide bonds. The van der Waals surface area contributed by atoms with Crippen molar-refractivity contribution in [3.63, 3.8) is 0 Å². The SMILES string of the molecule is COc1ccc([C@H](CNC(=S)Nc2ccc(F)c(Cl)c2)N(C)C)cc1. The monoisotopic (exact) mass is 381 g/mol. The van der Waals surface area contributed by atoms with Crippen molar-refractivity contribution in [2.24, 2.45) is 0 Å². The maximum Gasteiger partial charge on any atom is 0.170 e. The van der Waals surface area contributed by atoms with Gasteiger partial charge in [-0.3, -0.25) is 0 Å². The summed E-state index contributed by atoms with van der Waals surface area (Å²) >= 11 is 11.1. The summed E-state index contributed by atoms with van der Waals surface area (Å²) in [5.41, 5.74) is 1.78. The Morgan fingerprint density at radius 1 is 1.24 bits per heavy atom. The van der Waals surface area contributed by atoms with Crippen molar-refractivity contribution < 1.29 is 9.13 Å². The van der Waals surface area contributed by atoms with Crippen molar-refractivity contribution in [1.29, 1.82) is 0 Å². The predicted octanol–water partition coefficient (Wildman–Crippen LogP) is 4.08. The molecule has 0 heterocycles. The fraction of sp³-hybridized carbons (Fsp3) is 0.278. The molecule has 0 saturated heterocycles. The molecule has 0 fully saturated rings. The second kappa shape index (κ2) is 8.99. The molecule has 4 nitrogen and oxygen atoms in total. The summed E-state index contributed by atoms with van der Waals surface area (Å²) in [6, 6.07) is 12.4. The number of thiocarbonyl (C=S) groups is 1. The molecule has 0 bridgehead atoms. The smallest absolute Gasteiger partial charge is 0.170 e. The first-order valence-corrected chi connectivity index (χ1v) is 8.49. The van der Waals surface area contributed by atoms with Crippen LogP contribution >= 0.6 is 23.8 Å². The number of anilines is 1. The zero-order valence-corrected chi connectivity index (χ0v) is 15.9. The molecule has 2 aromatic carbocycles. The summed E-state index contributed by atoms with van der Waals surface area (Å²) in [5.74, 6) is 0.359. The number of ether oxygens (including phenoxy) is 1.